The summed E-state index contributed by atoms with van der Waals surface area (Å²) in [4.78, 5) is 0. The number of hydrogen-bond acceptors (Lipinski definition) is 0. The van der Waals surface area contributed by atoms with Crippen LogP contribution in [0.2, 0.25) is 6.55 Å². The van der Waals surface area contributed by atoms with Crippen molar-refractivity contribution in [1.29, 1.82) is 0 Å². The number of benzene rings is 2. The summed E-state index contributed by atoms with van der Waals surface area (Å²) in [5.74, 6) is 0. The first-order chi connectivity index (χ1) is 14.7. The standard InChI is InChI=1S/2C11H11.C6H14.CH3Si.2ClH.Zr/c2*1-2-9-7-10-5-3-4-6-11(10)8-9;1-3-5-6-4-2;1-2;;;/h2*3-8H,2H2,1H3;3-6H2,1-2H3;1H3;2*1H;/q2*-1;;;;;+4/p-2. The first kappa shape index (κ1) is 36.9. The topological polar surface area (TPSA) is 0 Å². The van der Waals surface area contributed by atoms with Gasteiger partial charge in [-0.15, -0.1) is 81.2 Å². The minimum Gasteiger partial charge on any atom is -1.00 e. The molecular formula is C29H39Cl2SiZr. The predicted molar refractivity (Wildman–Crippen MR) is 139 cm³/mol. The summed E-state index contributed by atoms with van der Waals surface area (Å²) in [5.41, 5.74) is 2.87. The molecule has 0 atom stereocenters. The minimum absolute atomic E-state index is 0. The molecule has 177 valence electrons. The second-order valence-electron chi connectivity index (χ2n) is 7.40. The van der Waals surface area contributed by atoms with E-state index in [4.69, 9.17) is 0 Å². The Morgan fingerprint density at radius 2 is 0.939 bits per heavy atom. The first-order valence-corrected chi connectivity index (χ1v) is 12.5. The van der Waals surface area contributed by atoms with Gasteiger partial charge in [-0.3, -0.25) is 0 Å². The molecule has 4 aromatic carbocycles. The Morgan fingerprint density at radius 3 is 1.21 bits per heavy atom. The third-order valence-electron chi connectivity index (χ3n) is 5.13. The maximum absolute atomic E-state index is 2.97. The molecule has 33 heavy (non-hydrogen) atoms. The Kier molecular flexibility index (Phi) is 25.8. The van der Waals surface area contributed by atoms with Crippen LogP contribution in [0.3, 0.4) is 0 Å². The molecule has 0 bridgehead atoms. The number of aryl methyl sites for hydroxylation is 2. The van der Waals surface area contributed by atoms with Crippen LogP contribution in [0.15, 0.2) is 72.8 Å². The Hall–Kier alpha value is -0.660. The predicted octanol–water partition coefficient (Wildman–Crippen LogP) is 3.04. The molecule has 0 aliphatic heterocycles. The Balaban J connectivity index is -0.000000393. The van der Waals surface area contributed by atoms with Gasteiger partial charge in [-0.2, -0.15) is 12.1 Å². The van der Waals surface area contributed by atoms with E-state index in [1.165, 1.54) is 58.4 Å². The molecule has 0 saturated heterocycles. The normalized spacial score (nSPS) is 8.91. The van der Waals surface area contributed by atoms with Crippen molar-refractivity contribution in [1.82, 2.24) is 0 Å². The van der Waals surface area contributed by atoms with Crippen molar-refractivity contribution in [2.45, 2.75) is 72.8 Å². The minimum atomic E-state index is 0. The van der Waals surface area contributed by atoms with Crippen molar-refractivity contribution < 1.29 is 51.0 Å². The smallest absolute Gasteiger partial charge is 1.00 e. The Bertz CT molecular complexity index is 799. The zero-order valence-electron chi connectivity index (χ0n) is 20.9. The van der Waals surface area contributed by atoms with Crippen LogP contribution in [0.25, 0.3) is 21.5 Å². The van der Waals surface area contributed by atoms with E-state index >= 15 is 0 Å². The summed E-state index contributed by atoms with van der Waals surface area (Å²) in [6.45, 7) is 10.6. The summed E-state index contributed by atoms with van der Waals surface area (Å²) in [6.07, 6.45) is 7.80. The van der Waals surface area contributed by atoms with Crippen LogP contribution >= 0.6 is 0 Å². The van der Waals surface area contributed by atoms with Gasteiger partial charge in [0.05, 0.1) is 0 Å². The number of halogens is 2. The van der Waals surface area contributed by atoms with E-state index in [1.54, 1.807) is 6.55 Å². The fourth-order valence-corrected chi connectivity index (χ4v) is 3.34. The third kappa shape index (κ3) is 13.7. The largest absolute Gasteiger partial charge is 4.00 e. The zero-order valence-corrected chi connectivity index (χ0v) is 25.9. The van der Waals surface area contributed by atoms with Gasteiger partial charge in [0, 0.05) is 10.2 Å². The molecule has 0 amide bonds. The van der Waals surface area contributed by atoms with Crippen LogP contribution in [-0.4, -0.2) is 10.2 Å². The molecule has 0 aliphatic rings. The number of unbranched alkanes of at least 4 members (excludes halogenated alkanes) is 3. The fraction of sp³-hybridized carbons (Fsp3) is 0.379. The van der Waals surface area contributed by atoms with Gasteiger partial charge in [0.15, 0.2) is 0 Å². The van der Waals surface area contributed by atoms with Crippen LogP contribution in [0.4, 0.5) is 0 Å². The van der Waals surface area contributed by atoms with E-state index in [1.807, 2.05) is 0 Å². The van der Waals surface area contributed by atoms with Crippen LogP contribution in [0, 0.1) is 0 Å². The summed E-state index contributed by atoms with van der Waals surface area (Å²) in [6, 6.07) is 26.0. The molecular weight excluding hydrogens is 539 g/mol. The molecule has 0 N–H and O–H groups in total. The Labute approximate surface area is 238 Å². The van der Waals surface area contributed by atoms with Gasteiger partial charge in [-0.25, -0.2) is 0 Å². The van der Waals surface area contributed by atoms with E-state index < -0.39 is 0 Å². The van der Waals surface area contributed by atoms with Gasteiger partial charge >= 0.3 is 26.2 Å². The van der Waals surface area contributed by atoms with Crippen molar-refractivity contribution >= 4 is 31.8 Å². The van der Waals surface area contributed by atoms with Gasteiger partial charge < -0.3 is 24.8 Å². The zero-order chi connectivity index (χ0) is 22.2. The van der Waals surface area contributed by atoms with E-state index in [0.717, 1.165) is 12.8 Å². The molecule has 0 fully saturated rings. The van der Waals surface area contributed by atoms with Gasteiger partial charge in [0.2, 0.25) is 0 Å². The van der Waals surface area contributed by atoms with E-state index in [-0.39, 0.29) is 51.0 Å². The molecule has 3 radical (unpaired) electrons. The van der Waals surface area contributed by atoms with Crippen molar-refractivity contribution in [2.24, 2.45) is 0 Å². The molecule has 0 unspecified atom stereocenters. The molecule has 4 heteroatoms. The number of fused-ring (bicyclic) bond motifs is 2. The van der Waals surface area contributed by atoms with Crippen molar-refractivity contribution in [3.8, 4) is 0 Å². The van der Waals surface area contributed by atoms with Crippen LogP contribution in [0.1, 0.15) is 64.5 Å². The van der Waals surface area contributed by atoms with Crippen molar-refractivity contribution in [2.75, 3.05) is 0 Å². The Morgan fingerprint density at radius 1 is 0.606 bits per heavy atom. The molecule has 0 aromatic heterocycles. The van der Waals surface area contributed by atoms with E-state index in [9.17, 15) is 0 Å². The average Bonchev–Trinajstić information content (AvgIpc) is 3.43. The number of hydrogen-bond donors (Lipinski definition) is 0. The fourth-order valence-electron chi connectivity index (χ4n) is 3.34. The second kappa shape index (κ2) is 23.1. The summed E-state index contributed by atoms with van der Waals surface area (Å²) in [7, 11) is 2.97. The second-order valence-corrected chi connectivity index (χ2v) is 7.40. The quantitative estimate of drug-likeness (QED) is 0.194. The van der Waals surface area contributed by atoms with Crippen molar-refractivity contribution in [3.63, 3.8) is 0 Å². The third-order valence-corrected chi connectivity index (χ3v) is 5.13. The molecule has 4 rings (SSSR count). The van der Waals surface area contributed by atoms with E-state index in [0.29, 0.717) is 0 Å². The van der Waals surface area contributed by atoms with Gasteiger partial charge in [-0.05, 0) is 12.8 Å². The van der Waals surface area contributed by atoms with Crippen LogP contribution in [0.5, 0.6) is 0 Å². The van der Waals surface area contributed by atoms with E-state index in [2.05, 4.69) is 111 Å². The van der Waals surface area contributed by atoms with Crippen LogP contribution in [-0.2, 0) is 39.0 Å². The van der Waals surface area contributed by atoms with Crippen LogP contribution < -0.4 is 24.8 Å². The van der Waals surface area contributed by atoms with Crippen molar-refractivity contribution in [3.05, 3.63) is 83.9 Å². The molecule has 0 spiro atoms. The number of rotatable bonds is 5. The molecule has 0 nitrogen and oxygen atoms in total. The summed E-state index contributed by atoms with van der Waals surface area (Å²) in [5, 5.41) is 5.46. The van der Waals surface area contributed by atoms with Gasteiger partial charge in [0.1, 0.15) is 0 Å². The molecule has 4 aromatic rings. The maximum Gasteiger partial charge on any atom is 4.00 e. The first-order valence-electron chi connectivity index (χ1n) is 11.5. The average molecular weight is 578 g/mol. The monoisotopic (exact) mass is 575 g/mol. The molecule has 0 heterocycles. The molecule has 0 saturated carbocycles. The SMILES string of the molecule is CCCCCC.CCc1cc2ccccc2[cH-]1.CCc1cc2ccccc2[cH-]1.C[Si].[Cl-].[Cl-].[Zr+4]. The maximum atomic E-state index is 2.97. The van der Waals surface area contributed by atoms with Gasteiger partial charge in [-0.1, -0.05) is 72.1 Å². The molecule has 0 aliphatic carbocycles. The van der Waals surface area contributed by atoms with Gasteiger partial charge in [0.25, 0.3) is 0 Å². The summed E-state index contributed by atoms with van der Waals surface area (Å²) < 4.78 is 0. The summed E-state index contributed by atoms with van der Waals surface area (Å²) >= 11 is 0.